The van der Waals surface area contributed by atoms with E-state index in [1.165, 1.54) is 14.0 Å². The highest BCUT2D eigenvalue weighted by Crippen LogP contribution is 2.76. The second kappa shape index (κ2) is 34.8. The van der Waals surface area contributed by atoms with Gasteiger partial charge in [0, 0.05) is 7.11 Å². The number of hydrogen-bond acceptors (Lipinski definition) is 35. The number of hydrogen-bond donors (Lipinski definition) is 18. The van der Waals surface area contributed by atoms with Crippen LogP contribution in [0.4, 0.5) is 0 Å². The van der Waals surface area contributed by atoms with Crippen LogP contribution >= 0.6 is 0 Å². The van der Waals surface area contributed by atoms with Gasteiger partial charge in [-0.15, -0.1) is 0 Å². The largest absolute Gasteiger partial charge is 0.479 e. The fraction of sp³-hybridized carbons (Fsp3) is 0.917. The number of ether oxygens (including phenoxy) is 15. The van der Waals surface area contributed by atoms with Crippen molar-refractivity contribution >= 4 is 24.1 Å². The second-order valence-electron chi connectivity index (χ2n) is 33.0. The first-order chi connectivity index (χ1) is 50.9. The lowest BCUT2D eigenvalue weighted by molar-refractivity contribution is -0.391. The maximum absolute atomic E-state index is 16.0. The molecule has 0 bridgehead atoms. The number of aliphatic hydroxyl groups excluding tert-OH is 16. The third-order valence-corrected chi connectivity index (χ3v) is 26.2. The number of methoxy groups -OCH3 is 1. The van der Waals surface area contributed by atoms with Crippen molar-refractivity contribution in [3.8, 4) is 0 Å². The number of aldehydes is 1. The molecule has 0 radical (unpaired) electrons. The van der Waals surface area contributed by atoms with Gasteiger partial charge < -0.3 is 168 Å². The molecule has 37 heteroatoms. The first-order valence-electron chi connectivity index (χ1n) is 37.3. The average molecular weight is 1570 g/mol. The Labute approximate surface area is 630 Å². The van der Waals surface area contributed by atoms with Gasteiger partial charge in [0.25, 0.3) is 0 Å². The third-order valence-electron chi connectivity index (χ3n) is 26.2. The van der Waals surface area contributed by atoms with Crippen molar-refractivity contribution in [3.63, 3.8) is 0 Å². The van der Waals surface area contributed by atoms with E-state index in [-0.39, 0.29) is 52.4 Å². The number of allylic oxidation sites excluding steroid dienone is 2. The Morgan fingerprint density at radius 1 is 0.569 bits per heavy atom. The van der Waals surface area contributed by atoms with Gasteiger partial charge in [-0.3, -0.25) is 9.59 Å². The lowest BCUT2D eigenvalue weighted by Crippen LogP contribution is -2.70. The maximum Gasteiger partial charge on any atom is 0.335 e. The summed E-state index contributed by atoms with van der Waals surface area (Å²) >= 11 is 0. The highest BCUT2D eigenvalue weighted by atomic mass is 16.8. The van der Waals surface area contributed by atoms with E-state index in [0.717, 1.165) is 11.9 Å². The van der Waals surface area contributed by atoms with Crippen LogP contribution in [-0.4, -0.2) is 362 Å². The van der Waals surface area contributed by atoms with Crippen LogP contribution in [0, 0.1) is 50.2 Å². The number of rotatable bonds is 25. The van der Waals surface area contributed by atoms with Crippen LogP contribution in [0.25, 0.3) is 0 Å². The Morgan fingerprint density at radius 2 is 1.15 bits per heavy atom. The molecule has 11 aliphatic rings. The molecule has 4 saturated carbocycles. The van der Waals surface area contributed by atoms with E-state index in [1.54, 1.807) is 6.92 Å². The van der Waals surface area contributed by atoms with Gasteiger partial charge in [0.2, 0.25) is 12.2 Å². The van der Waals surface area contributed by atoms with E-state index in [1.807, 2.05) is 0 Å². The van der Waals surface area contributed by atoms with E-state index in [2.05, 4.69) is 46.0 Å². The fourth-order valence-corrected chi connectivity index (χ4v) is 19.8. The van der Waals surface area contributed by atoms with Crippen LogP contribution in [0.3, 0.4) is 0 Å². The average Bonchev–Trinajstić information content (AvgIpc) is 0.671. The van der Waals surface area contributed by atoms with E-state index >= 15 is 4.79 Å². The van der Waals surface area contributed by atoms with Crippen LogP contribution < -0.4 is 5.32 Å². The number of esters is 1. The molecule has 0 aromatic rings. The minimum Gasteiger partial charge on any atom is -0.479 e. The molecular weight excluding hydrogens is 1450 g/mol. The molecule has 10 fully saturated rings. The molecule has 6 heterocycles. The molecule has 109 heavy (non-hydrogen) atoms. The van der Waals surface area contributed by atoms with Crippen LogP contribution in [0.2, 0.25) is 0 Å². The van der Waals surface area contributed by atoms with Crippen molar-refractivity contribution in [1.82, 2.24) is 5.32 Å². The number of aliphatic carboxylic acids is 1. The number of amides is 1. The maximum atomic E-state index is 16.0. The van der Waals surface area contributed by atoms with Gasteiger partial charge in [-0.05, 0) is 104 Å². The van der Waals surface area contributed by atoms with Gasteiger partial charge in [-0.1, -0.05) is 60.6 Å². The van der Waals surface area contributed by atoms with Crippen molar-refractivity contribution in [2.45, 2.75) is 298 Å². The molecule has 11 rings (SSSR count). The summed E-state index contributed by atoms with van der Waals surface area (Å²) in [6.45, 7) is 10.8. The Hall–Kier alpha value is -3.38. The van der Waals surface area contributed by atoms with Gasteiger partial charge >= 0.3 is 11.9 Å². The molecule has 626 valence electrons. The van der Waals surface area contributed by atoms with E-state index in [9.17, 15) is 101 Å². The van der Waals surface area contributed by atoms with E-state index < -0.39 is 279 Å². The van der Waals surface area contributed by atoms with Crippen molar-refractivity contribution in [2.24, 2.45) is 50.2 Å². The Bertz CT molecular complexity index is 3100. The van der Waals surface area contributed by atoms with Crippen LogP contribution in [-0.2, 0) is 90.2 Å². The van der Waals surface area contributed by atoms with Crippen LogP contribution in [0.15, 0.2) is 11.6 Å². The molecule has 37 nitrogen and oxygen atoms in total. The number of carboxylic acids is 1. The van der Waals surface area contributed by atoms with Crippen LogP contribution in [0.5, 0.6) is 0 Å². The van der Waals surface area contributed by atoms with Gasteiger partial charge in [-0.25, -0.2) is 4.79 Å². The summed E-state index contributed by atoms with van der Waals surface area (Å²) in [5, 5.41) is 191. The minimum absolute atomic E-state index is 0. The zero-order valence-electron chi connectivity index (χ0n) is 61.8. The Morgan fingerprint density at radius 3 is 1.77 bits per heavy atom. The molecule has 18 N–H and O–H groups in total. The van der Waals surface area contributed by atoms with Crippen molar-refractivity contribution in [1.29, 1.82) is 0 Å². The number of carbonyl (C=O) groups is 4. The molecule has 5 aliphatic carbocycles. The van der Waals surface area contributed by atoms with Gasteiger partial charge in [-0.2, -0.15) is 0 Å². The molecular formula is C72H117NO36. The molecule has 6 saturated heterocycles. The zero-order valence-corrected chi connectivity index (χ0v) is 61.8. The monoisotopic (exact) mass is 1570 g/mol. The second-order valence-corrected chi connectivity index (χ2v) is 33.0. The van der Waals surface area contributed by atoms with Crippen molar-refractivity contribution in [3.05, 3.63) is 11.6 Å². The molecule has 16 unspecified atom stereocenters. The highest BCUT2D eigenvalue weighted by molar-refractivity contribution is 5.80. The Balaban J connectivity index is 0.0000127. The Kier molecular flexibility index (Phi) is 28.1. The van der Waals surface area contributed by atoms with E-state index in [4.69, 9.17) is 71.1 Å². The van der Waals surface area contributed by atoms with Gasteiger partial charge in [0.1, 0.15) is 128 Å². The first kappa shape index (κ1) is 88.0. The summed E-state index contributed by atoms with van der Waals surface area (Å²) in [6.07, 6.45) is -47.2. The summed E-state index contributed by atoms with van der Waals surface area (Å²) in [7, 11) is 1.50. The summed E-state index contributed by atoms with van der Waals surface area (Å²) in [5.74, 6) is -5.02. The summed E-state index contributed by atoms with van der Waals surface area (Å²) in [5.41, 5.74) is -5.09. The van der Waals surface area contributed by atoms with Crippen molar-refractivity contribution in [2.75, 3.05) is 66.6 Å². The van der Waals surface area contributed by atoms with Crippen LogP contribution in [0.1, 0.15) is 114 Å². The molecule has 1 amide bonds. The lowest BCUT2D eigenvalue weighted by atomic mass is 9.33. The standard InChI is InChI=1S/C71H113NO36.CH4/c1-29-53(103-59-48(86)42(80)32(76)25-97-59)47(85)51(89)61(99-29)106-56-45(83)41(72-40(79)27-96-20-19-95-18-17-94-8)34(23-73)100-63(56)108-65(93)71-16-15-66(2,3)21-31(71)30-9-10-37-67(4)13-12-39(68(5,28-75)36(67)11-14-69(37,6)70(30,7)22-38(71)78)102-64-57(107-62-50(88)46(84)44(82)35(24-74)101-62)54(52(90)55(105-64)58(91)92)104-60-49(87)43(81)33(77)26-98-60;/h9,28-29,31-39,41-57,59-64,73-74,76-78,80-90H,10-27H2,1-8H3,(H,72,79)(H,91,92);1H4/t29?,31?,32-,33-,34-,35?,36-,37?,38?,39+,41+,42?,43+,44+,45?,46+,47?,48?,49?,50?,51?,52+,53+,54+,55?,56?,57?,59+,60+,61+,62+,63+,64-,67?,68-,69+,70-,71-;/m1./s1. The molecule has 0 aromatic heterocycles. The fourth-order valence-electron chi connectivity index (χ4n) is 19.8. The van der Waals surface area contributed by atoms with Crippen molar-refractivity contribution < 1.29 is 177 Å². The SMILES string of the molecule is C.COCCOCCOCC(=O)N[C@@H]1C(O)C(O[C@@H]2OC(C)[C@H](O[C@@H]3OC[C@@H](O)C(O)C3O)C(O)C2O)[C@H](OC(=O)[C@]23CCC(C)(C)CC2C2=CCC4C5(C)CC[C@H](O[C@@H]6OC(C(=O)O)[C@@H](O)[C@H](O[C@@H]7OC[C@@H](O)[C@H](O)C7O)C6O[C@@H]6OC(CO)[C@H](O)[C@H](O)C6O)[C@](C)(C=O)[C@@H]5CC[C@]4(C)[C@]2(C)CC3O)O[C@@H]1CO. The number of carboxylic acid groups (broad SMARTS) is 1. The summed E-state index contributed by atoms with van der Waals surface area (Å²) < 4.78 is 88.6. The quantitative estimate of drug-likeness (QED) is 0.0133. The smallest absolute Gasteiger partial charge is 0.335 e. The first-order valence-corrected chi connectivity index (χ1v) is 37.3. The van der Waals surface area contributed by atoms with E-state index in [0.29, 0.717) is 45.1 Å². The zero-order chi connectivity index (χ0) is 78.8. The summed E-state index contributed by atoms with van der Waals surface area (Å²) in [6, 6.07) is -1.55. The van der Waals surface area contributed by atoms with Gasteiger partial charge in [0.05, 0.1) is 82.6 Å². The van der Waals surface area contributed by atoms with Gasteiger partial charge in [0.15, 0.2) is 43.7 Å². The number of nitrogens with one attached hydrogen (secondary N) is 1. The molecule has 38 atom stereocenters. The minimum atomic E-state index is -2.23. The molecule has 0 spiro atoms. The third kappa shape index (κ3) is 16.3. The molecule has 0 aromatic carbocycles. The number of aliphatic hydroxyl groups is 16. The highest BCUT2D eigenvalue weighted by Gasteiger charge is 2.73. The predicted molar refractivity (Wildman–Crippen MR) is 363 cm³/mol. The summed E-state index contributed by atoms with van der Waals surface area (Å²) in [4.78, 5) is 56.9. The predicted octanol–water partition coefficient (Wildman–Crippen LogP) is -5.40. The number of fused-ring (bicyclic) bond motifs is 7. The number of carbonyl (C=O) groups excluding carboxylic acids is 3. The topological polar surface area (TPSA) is 563 Å². The molecule has 6 aliphatic heterocycles. The normalized spacial score (nSPS) is 49.7. The lowest BCUT2D eigenvalue weighted by Gasteiger charge is -2.71.